The van der Waals surface area contributed by atoms with Crippen molar-refractivity contribution in [3.63, 3.8) is 0 Å². The third kappa shape index (κ3) is 6.80. The summed E-state index contributed by atoms with van der Waals surface area (Å²) in [4.78, 5) is 2.49. The maximum Gasteiger partial charge on any atom is 0.0900 e. The van der Waals surface area contributed by atoms with Gasteiger partial charge in [0.1, 0.15) is 0 Å². The van der Waals surface area contributed by atoms with Crippen molar-refractivity contribution >= 4 is 0 Å². The number of hydrogen-bond acceptors (Lipinski definition) is 3. The molecule has 1 saturated carbocycles. The summed E-state index contributed by atoms with van der Waals surface area (Å²) in [5.41, 5.74) is 3.75. The van der Waals surface area contributed by atoms with E-state index in [9.17, 15) is 5.11 Å². The van der Waals surface area contributed by atoms with Gasteiger partial charge in [0.25, 0.3) is 0 Å². The average molecular weight is 433 g/mol. The third-order valence-electron chi connectivity index (χ3n) is 6.44. The molecule has 4 rings (SSSR count). The van der Waals surface area contributed by atoms with E-state index in [1.807, 2.05) is 18.2 Å². The predicted molar refractivity (Wildman–Crippen MR) is 129 cm³/mol. The predicted octanol–water partition coefficient (Wildman–Crippen LogP) is 5.25. The molecule has 3 aromatic rings. The number of benzene rings is 2. The minimum Gasteiger partial charge on any atom is -0.389 e. The molecule has 1 aromatic heterocycles. The monoisotopic (exact) mass is 432 g/mol. The highest BCUT2D eigenvalue weighted by Gasteiger charge is 2.24. The Morgan fingerprint density at radius 1 is 0.875 bits per heavy atom. The standard InChI is InChI=1S/C28H36N2O2/c31-28(23-32-22-25-13-6-2-7-14-25)21-30(26-15-8-3-9-16-26)20-27-17-10-18-29(27)19-24-11-4-1-5-12-24/h1-2,4-7,10-14,17-18,26,28,31H,3,8-9,15-16,19-23H2/t28-/m0/s1. The number of aliphatic hydroxyl groups is 1. The van der Waals surface area contributed by atoms with Gasteiger partial charge >= 0.3 is 0 Å². The molecule has 1 heterocycles. The van der Waals surface area contributed by atoms with Crippen LogP contribution < -0.4 is 0 Å². The summed E-state index contributed by atoms with van der Waals surface area (Å²) in [5.74, 6) is 0. The smallest absolute Gasteiger partial charge is 0.0900 e. The van der Waals surface area contributed by atoms with Crippen LogP contribution in [0.15, 0.2) is 79.0 Å². The summed E-state index contributed by atoms with van der Waals surface area (Å²) in [6.45, 7) is 3.30. The molecule has 2 aromatic carbocycles. The van der Waals surface area contributed by atoms with E-state index in [0.29, 0.717) is 25.8 Å². The molecule has 1 atom stereocenters. The Hall–Kier alpha value is -2.40. The fourth-order valence-electron chi connectivity index (χ4n) is 4.73. The Kier molecular flexibility index (Phi) is 8.55. The van der Waals surface area contributed by atoms with Crippen LogP contribution >= 0.6 is 0 Å². The van der Waals surface area contributed by atoms with Gasteiger partial charge < -0.3 is 14.4 Å². The van der Waals surface area contributed by atoms with Crippen molar-refractivity contribution < 1.29 is 9.84 Å². The van der Waals surface area contributed by atoms with Gasteiger partial charge in [0.05, 0.1) is 19.3 Å². The Morgan fingerprint density at radius 2 is 1.56 bits per heavy atom. The summed E-state index contributed by atoms with van der Waals surface area (Å²) >= 11 is 0. The maximum absolute atomic E-state index is 10.8. The number of aromatic nitrogens is 1. The first-order chi connectivity index (χ1) is 15.8. The topological polar surface area (TPSA) is 37.6 Å². The van der Waals surface area contributed by atoms with Gasteiger partial charge in [0.2, 0.25) is 0 Å². The number of aliphatic hydroxyl groups excluding tert-OH is 1. The van der Waals surface area contributed by atoms with Gasteiger partial charge in [-0.05, 0) is 36.1 Å². The molecule has 0 saturated heterocycles. The second kappa shape index (κ2) is 12.0. The highest BCUT2D eigenvalue weighted by molar-refractivity contribution is 5.18. The second-order valence-electron chi connectivity index (χ2n) is 8.99. The van der Waals surface area contributed by atoms with E-state index >= 15 is 0 Å². The number of nitrogens with zero attached hydrogens (tertiary/aromatic N) is 2. The fourth-order valence-corrected chi connectivity index (χ4v) is 4.73. The van der Waals surface area contributed by atoms with Crippen LogP contribution in [0.2, 0.25) is 0 Å². The Bertz CT molecular complexity index is 903. The van der Waals surface area contributed by atoms with Crippen LogP contribution in [-0.4, -0.2) is 39.9 Å². The van der Waals surface area contributed by atoms with Crippen LogP contribution in [0.1, 0.15) is 48.9 Å². The molecule has 0 spiro atoms. The number of ether oxygens (including phenoxy) is 1. The van der Waals surface area contributed by atoms with E-state index in [4.69, 9.17) is 4.74 Å². The van der Waals surface area contributed by atoms with Gasteiger partial charge in [-0.25, -0.2) is 0 Å². The molecule has 1 fully saturated rings. The van der Waals surface area contributed by atoms with Crippen molar-refractivity contribution in [1.29, 1.82) is 0 Å². The molecule has 1 aliphatic rings. The van der Waals surface area contributed by atoms with Crippen LogP contribution in [0.3, 0.4) is 0 Å². The molecule has 0 aliphatic heterocycles. The van der Waals surface area contributed by atoms with Gasteiger partial charge in [-0.15, -0.1) is 0 Å². The van der Waals surface area contributed by atoms with Crippen molar-refractivity contribution in [2.45, 2.75) is 63.9 Å². The average Bonchev–Trinajstić information content (AvgIpc) is 3.27. The van der Waals surface area contributed by atoms with Gasteiger partial charge in [0, 0.05) is 37.6 Å². The quantitative estimate of drug-likeness (QED) is 0.450. The number of hydrogen-bond donors (Lipinski definition) is 1. The molecule has 0 unspecified atom stereocenters. The minimum absolute atomic E-state index is 0.364. The molecule has 0 bridgehead atoms. The van der Waals surface area contributed by atoms with Crippen molar-refractivity contribution in [3.8, 4) is 0 Å². The lowest BCUT2D eigenvalue weighted by Gasteiger charge is -2.35. The molecule has 4 heteroatoms. The van der Waals surface area contributed by atoms with E-state index in [1.165, 1.54) is 43.4 Å². The normalized spacial score (nSPS) is 15.8. The first kappa shape index (κ1) is 22.8. The van der Waals surface area contributed by atoms with Crippen LogP contribution in [0.25, 0.3) is 0 Å². The summed E-state index contributed by atoms with van der Waals surface area (Å²) in [6, 6.07) is 25.7. The van der Waals surface area contributed by atoms with Crippen molar-refractivity contribution in [2.75, 3.05) is 13.2 Å². The van der Waals surface area contributed by atoms with E-state index in [2.05, 4.69) is 70.3 Å². The lowest BCUT2D eigenvalue weighted by Crippen LogP contribution is -2.42. The Balaban J connectivity index is 1.37. The zero-order valence-corrected chi connectivity index (χ0v) is 19.0. The van der Waals surface area contributed by atoms with Gasteiger partial charge in [-0.1, -0.05) is 79.9 Å². The summed E-state index contributed by atoms with van der Waals surface area (Å²) in [5, 5.41) is 10.8. The molecule has 1 aliphatic carbocycles. The first-order valence-corrected chi connectivity index (χ1v) is 12.0. The fraction of sp³-hybridized carbons (Fsp3) is 0.429. The van der Waals surface area contributed by atoms with E-state index in [0.717, 1.165) is 18.7 Å². The van der Waals surface area contributed by atoms with Crippen molar-refractivity contribution in [2.24, 2.45) is 0 Å². The minimum atomic E-state index is -0.488. The molecule has 32 heavy (non-hydrogen) atoms. The third-order valence-corrected chi connectivity index (χ3v) is 6.44. The Labute approximate surface area is 192 Å². The molecule has 170 valence electrons. The van der Waals surface area contributed by atoms with Crippen molar-refractivity contribution in [3.05, 3.63) is 95.8 Å². The second-order valence-corrected chi connectivity index (χ2v) is 8.99. The summed E-state index contributed by atoms with van der Waals surface area (Å²) < 4.78 is 8.16. The SMILES string of the molecule is O[C@H](COCc1ccccc1)CN(Cc1cccn1Cc1ccccc1)C1CCCCC1. The first-order valence-electron chi connectivity index (χ1n) is 12.0. The zero-order chi connectivity index (χ0) is 22.0. The van der Waals surface area contributed by atoms with Gasteiger partial charge in [0.15, 0.2) is 0 Å². The largest absolute Gasteiger partial charge is 0.389 e. The lowest BCUT2D eigenvalue weighted by molar-refractivity contribution is -0.00384. The van der Waals surface area contributed by atoms with Crippen LogP contribution in [-0.2, 0) is 24.4 Å². The van der Waals surface area contributed by atoms with E-state index in [-0.39, 0.29) is 0 Å². The van der Waals surface area contributed by atoms with Gasteiger partial charge in [-0.3, -0.25) is 4.90 Å². The Morgan fingerprint density at radius 3 is 2.28 bits per heavy atom. The lowest BCUT2D eigenvalue weighted by atomic mass is 9.94. The molecule has 1 N–H and O–H groups in total. The summed E-state index contributed by atoms with van der Waals surface area (Å²) in [6.07, 6.45) is 8.02. The highest BCUT2D eigenvalue weighted by atomic mass is 16.5. The zero-order valence-electron chi connectivity index (χ0n) is 19.0. The molecule has 0 amide bonds. The molecule has 0 radical (unpaired) electrons. The van der Waals surface area contributed by atoms with Crippen LogP contribution in [0.5, 0.6) is 0 Å². The van der Waals surface area contributed by atoms with E-state index < -0.39 is 6.10 Å². The number of rotatable bonds is 11. The molecule has 4 nitrogen and oxygen atoms in total. The molecular weight excluding hydrogens is 396 g/mol. The highest BCUT2D eigenvalue weighted by Crippen LogP contribution is 2.25. The maximum atomic E-state index is 10.8. The molecular formula is C28H36N2O2. The summed E-state index contributed by atoms with van der Waals surface area (Å²) in [7, 11) is 0. The van der Waals surface area contributed by atoms with Gasteiger partial charge in [-0.2, -0.15) is 0 Å². The van der Waals surface area contributed by atoms with Crippen molar-refractivity contribution in [1.82, 2.24) is 9.47 Å². The van der Waals surface area contributed by atoms with E-state index in [1.54, 1.807) is 0 Å². The van der Waals surface area contributed by atoms with Crippen LogP contribution in [0.4, 0.5) is 0 Å². The van der Waals surface area contributed by atoms with Crippen LogP contribution in [0, 0.1) is 0 Å².